The number of hydrogen-bond acceptors (Lipinski definition) is 2. The van der Waals surface area contributed by atoms with Crippen molar-refractivity contribution in [3.8, 4) is 0 Å². The van der Waals surface area contributed by atoms with Gasteiger partial charge in [-0.1, -0.05) is 32.0 Å². The van der Waals surface area contributed by atoms with Crippen LogP contribution < -0.4 is 5.32 Å². The number of carbonyl (C=O) groups excluding carboxylic acids is 1. The van der Waals surface area contributed by atoms with E-state index in [1.807, 2.05) is 13.8 Å². The smallest absolute Gasteiger partial charge is 0.354 e. The maximum Gasteiger partial charge on any atom is 0.416 e. The van der Waals surface area contributed by atoms with Gasteiger partial charge in [0.15, 0.2) is 0 Å². The second-order valence-corrected chi connectivity index (χ2v) is 5.88. The van der Waals surface area contributed by atoms with Gasteiger partial charge in [-0.15, -0.1) is 0 Å². The molecule has 0 radical (unpaired) electrons. The molecule has 1 heterocycles. The van der Waals surface area contributed by atoms with E-state index in [1.165, 1.54) is 31.4 Å². The van der Waals surface area contributed by atoms with Crippen molar-refractivity contribution in [2.24, 2.45) is 0 Å². The summed E-state index contributed by atoms with van der Waals surface area (Å²) < 4.78 is 40.0. The van der Waals surface area contributed by atoms with Crippen LogP contribution in [0, 0.1) is 0 Å². The first-order valence-electron chi connectivity index (χ1n) is 7.59. The predicted octanol–water partition coefficient (Wildman–Crippen LogP) is 4.17. The van der Waals surface area contributed by atoms with Crippen LogP contribution in [-0.4, -0.2) is 17.9 Å². The molecule has 0 fully saturated rings. The molecule has 1 aromatic carbocycles. The number of alkyl halides is 3. The molecule has 1 amide bonds. The van der Waals surface area contributed by atoms with Gasteiger partial charge in [-0.25, -0.2) is 0 Å². The number of nitrogens with one attached hydrogen (secondary N) is 1. The summed E-state index contributed by atoms with van der Waals surface area (Å²) >= 11 is 0. The van der Waals surface area contributed by atoms with Crippen LogP contribution in [0.3, 0.4) is 0 Å². The molecule has 2 rings (SSSR count). The fourth-order valence-electron chi connectivity index (χ4n) is 2.38. The fraction of sp³-hybridized carbons (Fsp3) is 0.333. The molecule has 0 aliphatic heterocycles. The lowest BCUT2D eigenvalue weighted by Crippen LogP contribution is -2.19. The topological polar surface area (TPSA) is 42.0 Å². The highest BCUT2D eigenvalue weighted by Crippen LogP contribution is 2.35. The van der Waals surface area contributed by atoms with Crippen LogP contribution >= 0.6 is 0 Å². The van der Waals surface area contributed by atoms with E-state index in [0.717, 1.165) is 0 Å². The highest BCUT2D eigenvalue weighted by atomic mass is 19.4. The number of nitrogens with zero attached hydrogens (tertiary/aromatic N) is 1. The maximum absolute atomic E-state index is 13.3. The summed E-state index contributed by atoms with van der Waals surface area (Å²) in [6, 6.07) is 7.58. The van der Waals surface area contributed by atoms with E-state index in [1.54, 1.807) is 12.1 Å². The van der Waals surface area contributed by atoms with Gasteiger partial charge in [-0.2, -0.15) is 13.2 Å². The Kier molecular flexibility index (Phi) is 5.26. The molecule has 0 bridgehead atoms. The number of rotatable bonds is 4. The van der Waals surface area contributed by atoms with Crippen molar-refractivity contribution in [1.29, 1.82) is 0 Å². The molecule has 0 saturated carbocycles. The average molecular weight is 336 g/mol. The van der Waals surface area contributed by atoms with Crippen molar-refractivity contribution in [3.05, 3.63) is 64.5 Å². The first-order chi connectivity index (χ1) is 11.2. The summed E-state index contributed by atoms with van der Waals surface area (Å²) in [5.41, 5.74) is 1.07. The third-order valence-electron chi connectivity index (χ3n) is 3.79. The number of aromatic nitrogens is 1. The van der Waals surface area contributed by atoms with Gasteiger partial charge in [0.25, 0.3) is 5.91 Å². The summed E-state index contributed by atoms with van der Waals surface area (Å²) in [5.74, 6) is -0.313. The summed E-state index contributed by atoms with van der Waals surface area (Å²) in [6.07, 6.45) is -2.87. The zero-order valence-corrected chi connectivity index (χ0v) is 13.7. The number of pyridine rings is 1. The van der Waals surface area contributed by atoms with Crippen molar-refractivity contribution in [3.63, 3.8) is 0 Å². The normalized spacial score (nSPS) is 11.6. The molecule has 0 spiro atoms. The third-order valence-corrected chi connectivity index (χ3v) is 3.79. The van der Waals surface area contributed by atoms with Gasteiger partial charge >= 0.3 is 6.18 Å². The second kappa shape index (κ2) is 7.03. The van der Waals surface area contributed by atoms with E-state index >= 15 is 0 Å². The van der Waals surface area contributed by atoms with Gasteiger partial charge in [-0.05, 0) is 41.2 Å². The predicted molar refractivity (Wildman–Crippen MR) is 86.0 cm³/mol. The molecule has 128 valence electrons. The lowest BCUT2D eigenvalue weighted by molar-refractivity contribution is -0.138. The van der Waals surface area contributed by atoms with Crippen LogP contribution in [-0.2, 0) is 12.6 Å². The molecule has 1 aromatic heterocycles. The van der Waals surface area contributed by atoms with Crippen LogP contribution in [0.25, 0.3) is 0 Å². The number of halogens is 3. The third kappa shape index (κ3) is 4.13. The highest BCUT2D eigenvalue weighted by molar-refractivity contribution is 5.91. The fourth-order valence-corrected chi connectivity index (χ4v) is 2.38. The standard InChI is InChI=1S/C18H19F3N2O/c1-11(2)13-5-6-14(15(9-13)18(19,20)21)8-12-4-7-16(23-10-12)17(24)22-3/h4-7,9-11H,8H2,1-3H3,(H,22,24). The van der Waals surface area contributed by atoms with E-state index < -0.39 is 11.7 Å². The second-order valence-electron chi connectivity index (χ2n) is 5.88. The molecular formula is C18H19F3N2O. The van der Waals surface area contributed by atoms with E-state index in [0.29, 0.717) is 11.1 Å². The molecule has 2 aromatic rings. The van der Waals surface area contributed by atoms with Gasteiger partial charge in [0, 0.05) is 13.2 Å². The van der Waals surface area contributed by atoms with Crippen molar-refractivity contribution >= 4 is 5.91 Å². The largest absolute Gasteiger partial charge is 0.416 e. The molecule has 3 nitrogen and oxygen atoms in total. The summed E-state index contributed by atoms with van der Waals surface area (Å²) in [7, 11) is 1.49. The Morgan fingerprint density at radius 2 is 1.92 bits per heavy atom. The van der Waals surface area contributed by atoms with Crippen molar-refractivity contribution < 1.29 is 18.0 Å². The zero-order valence-electron chi connectivity index (χ0n) is 13.7. The molecule has 0 saturated heterocycles. The Hall–Kier alpha value is -2.37. The Morgan fingerprint density at radius 3 is 2.42 bits per heavy atom. The minimum atomic E-state index is -4.41. The lowest BCUT2D eigenvalue weighted by Gasteiger charge is -2.16. The monoisotopic (exact) mass is 336 g/mol. The molecule has 0 atom stereocenters. The molecule has 6 heteroatoms. The zero-order chi connectivity index (χ0) is 17.9. The molecular weight excluding hydrogens is 317 g/mol. The molecule has 0 aliphatic rings. The molecule has 0 aliphatic carbocycles. The Bertz CT molecular complexity index is 722. The SMILES string of the molecule is CNC(=O)c1ccc(Cc2ccc(C(C)C)cc2C(F)(F)F)cn1. The Labute approximate surface area is 138 Å². The summed E-state index contributed by atoms with van der Waals surface area (Å²) in [4.78, 5) is 15.4. The minimum absolute atomic E-state index is 0.0219. The van der Waals surface area contributed by atoms with Gasteiger partial charge in [0.05, 0.1) is 5.56 Å². The number of carbonyl (C=O) groups is 1. The van der Waals surface area contributed by atoms with Gasteiger partial charge in [-0.3, -0.25) is 9.78 Å². The molecule has 1 N–H and O–H groups in total. The van der Waals surface area contributed by atoms with Crippen LogP contribution in [0.5, 0.6) is 0 Å². The maximum atomic E-state index is 13.3. The lowest BCUT2D eigenvalue weighted by atomic mass is 9.94. The first-order valence-corrected chi connectivity index (χ1v) is 7.59. The van der Waals surface area contributed by atoms with Crippen LogP contribution in [0.4, 0.5) is 13.2 Å². The number of benzene rings is 1. The van der Waals surface area contributed by atoms with E-state index in [4.69, 9.17) is 0 Å². The van der Waals surface area contributed by atoms with Crippen LogP contribution in [0.15, 0.2) is 36.5 Å². The van der Waals surface area contributed by atoms with E-state index in [2.05, 4.69) is 10.3 Å². The van der Waals surface area contributed by atoms with Crippen molar-refractivity contribution in [2.75, 3.05) is 7.05 Å². The quantitative estimate of drug-likeness (QED) is 0.910. The van der Waals surface area contributed by atoms with Crippen LogP contribution in [0.2, 0.25) is 0 Å². The van der Waals surface area contributed by atoms with E-state index in [9.17, 15) is 18.0 Å². The number of hydrogen-bond donors (Lipinski definition) is 1. The van der Waals surface area contributed by atoms with Crippen molar-refractivity contribution in [1.82, 2.24) is 10.3 Å². The average Bonchev–Trinajstić information content (AvgIpc) is 2.54. The highest BCUT2D eigenvalue weighted by Gasteiger charge is 2.33. The Balaban J connectivity index is 2.33. The van der Waals surface area contributed by atoms with Gasteiger partial charge in [0.2, 0.25) is 0 Å². The number of amides is 1. The van der Waals surface area contributed by atoms with Gasteiger partial charge < -0.3 is 5.32 Å². The first kappa shape index (κ1) is 18.0. The summed E-state index contributed by atoms with van der Waals surface area (Å²) in [6.45, 7) is 3.72. The minimum Gasteiger partial charge on any atom is -0.354 e. The molecule has 0 unspecified atom stereocenters. The molecule has 24 heavy (non-hydrogen) atoms. The van der Waals surface area contributed by atoms with Gasteiger partial charge in [0.1, 0.15) is 5.69 Å². The van der Waals surface area contributed by atoms with Crippen molar-refractivity contribution in [2.45, 2.75) is 32.4 Å². The van der Waals surface area contributed by atoms with Crippen LogP contribution in [0.1, 0.15) is 52.5 Å². The summed E-state index contributed by atoms with van der Waals surface area (Å²) in [5, 5.41) is 2.45. The Morgan fingerprint density at radius 1 is 1.21 bits per heavy atom. The van der Waals surface area contributed by atoms with E-state index in [-0.39, 0.29) is 29.5 Å².